The summed E-state index contributed by atoms with van der Waals surface area (Å²) in [5, 5.41) is 2.89. The van der Waals surface area contributed by atoms with Gasteiger partial charge in [0.05, 0.1) is 6.61 Å². The van der Waals surface area contributed by atoms with Gasteiger partial charge in [-0.25, -0.2) is 0 Å². The fraction of sp³-hybridized carbons (Fsp3) is 0.278. The van der Waals surface area contributed by atoms with Crippen LogP contribution in [0.25, 0.3) is 0 Å². The van der Waals surface area contributed by atoms with Crippen molar-refractivity contribution >= 4 is 27.5 Å². The maximum atomic E-state index is 12.2. The molecule has 0 aromatic heterocycles. The van der Waals surface area contributed by atoms with Gasteiger partial charge in [-0.15, -0.1) is 0 Å². The summed E-state index contributed by atoms with van der Waals surface area (Å²) in [6.07, 6.45) is 1.01. The maximum Gasteiger partial charge on any atom is 0.255 e. The lowest BCUT2D eigenvalue weighted by Gasteiger charge is -2.10. The standard InChI is InChI=1S/C18H20BrNO2/c1-13(2)9-10-22-17-8-4-7-16(12-17)20-18(21)14-5-3-6-15(19)11-14/h3-8,11-13H,9-10H2,1-2H3,(H,20,21). The quantitative estimate of drug-likeness (QED) is 0.774. The molecule has 0 aliphatic rings. The van der Waals surface area contributed by atoms with Crippen LogP contribution in [0.15, 0.2) is 53.0 Å². The summed E-state index contributed by atoms with van der Waals surface area (Å²) >= 11 is 3.37. The topological polar surface area (TPSA) is 38.3 Å². The molecule has 116 valence electrons. The zero-order chi connectivity index (χ0) is 15.9. The molecule has 2 aromatic rings. The van der Waals surface area contributed by atoms with E-state index in [1.807, 2.05) is 36.4 Å². The normalized spacial score (nSPS) is 10.5. The Morgan fingerprint density at radius 3 is 2.68 bits per heavy atom. The zero-order valence-corrected chi connectivity index (χ0v) is 14.4. The first-order valence-electron chi connectivity index (χ1n) is 7.34. The number of rotatable bonds is 6. The van der Waals surface area contributed by atoms with Gasteiger partial charge in [-0.2, -0.15) is 0 Å². The number of carbonyl (C=O) groups is 1. The van der Waals surface area contributed by atoms with Gasteiger partial charge >= 0.3 is 0 Å². The van der Waals surface area contributed by atoms with E-state index in [2.05, 4.69) is 35.1 Å². The average molecular weight is 362 g/mol. The number of nitrogens with one attached hydrogen (secondary N) is 1. The van der Waals surface area contributed by atoms with Crippen LogP contribution in [0.4, 0.5) is 5.69 Å². The number of hydrogen-bond donors (Lipinski definition) is 1. The Labute approximate surface area is 139 Å². The monoisotopic (exact) mass is 361 g/mol. The van der Waals surface area contributed by atoms with Crippen LogP contribution in [0.2, 0.25) is 0 Å². The minimum atomic E-state index is -0.138. The van der Waals surface area contributed by atoms with Crippen LogP contribution in [-0.2, 0) is 0 Å². The van der Waals surface area contributed by atoms with Gasteiger partial charge in [0.15, 0.2) is 0 Å². The van der Waals surface area contributed by atoms with Gasteiger partial charge < -0.3 is 10.1 Å². The van der Waals surface area contributed by atoms with E-state index < -0.39 is 0 Å². The summed E-state index contributed by atoms with van der Waals surface area (Å²) in [7, 11) is 0. The molecule has 0 bridgehead atoms. The minimum absolute atomic E-state index is 0.138. The lowest BCUT2D eigenvalue weighted by atomic mass is 10.1. The summed E-state index contributed by atoms with van der Waals surface area (Å²) < 4.78 is 6.59. The molecule has 0 unspecified atom stereocenters. The summed E-state index contributed by atoms with van der Waals surface area (Å²) in [5.74, 6) is 1.24. The van der Waals surface area contributed by atoms with Gasteiger partial charge in [-0.05, 0) is 42.7 Å². The Morgan fingerprint density at radius 1 is 1.18 bits per heavy atom. The van der Waals surface area contributed by atoms with Gasteiger partial charge in [0.1, 0.15) is 5.75 Å². The van der Waals surface area contributed by atoms with Crippen molar-refractivity contribution < 1.29 is 9.53 Å². The molecule has 2 rings (SSSR count). The second-order valence-corrected chi connectivity index (χ2v) is 6.44. The van der Waals surface area contributed by atoms with Crippen molar-refractivity contribution in [2.75, 3.05) is 11.9 Å². The fourth-order valence-electron chi connectivity index (χ4n) is 1.91. The maximum absolute atomic E-state index is 12.2. The average Bonchev–Trinajstić information content (AvgIpc) is 2.47. The first-order valence-corrected chi connectivity index (χ1v) is 8.13. The predicted octanol–water partition coefficient (Wildman–Crippen LogP) is 5.13. The second kappa shape index (κ2) is 7.99. The lowest BCUT2D eigenvalue weighted by molar-refractivity contribution is 0.102. The van der Waals surface area contributed by atoms with E-state index in [9.17, 15) is 4.79 Å². The highest BCUT2D eigenvalue weighted by atomic mass is 79.9. The third kappa shape index (κ3) is 5.19. The summed E-state index contributed by atoms with van der Waals surface area (Å²) in [6.45, 7) is 5.01. The van der Waals surface area contributed by atoms with Crippen LogP contribution in [0.5, 0.6) is 5.75 Å². The highest BCUT2D eigenvalue weighted by Crippen LogP contribution is 2.19. The molecule has 0 fully saturated rings. The molecule has 1 N–H and O–H groups in total. The Kier molecular flexibility index (Phi) is 6.01. The number of ether oxygens (including phenoxy) is 1. The molecule has 2 aromatic carbocycles. The number of carbonyl (C=O) groups excluding carboxylic acids is 1. The molecule has 1 amide bonds. The Balaban J connectivity index is 1.99. The number of halogens is 1. The lowest BCUT2D eigenvalue weighted by Crippen LogP contribution is -2.11. The highest BCUT2D eigenvalue weighted by molar-refractivity contribution is 9.10. The van der Waals surface area contributed by atoms with E-state index in [4.69, 9.17) is 4.74 Å². The zero-order valence-electron chi connectivity index (χ0n) is 12.8. The largest absolute Gasteiger partial charge is 0.494 e. The van der Waals surface area contributed by atoms with E-state index >= 15 is 0 Å². The van der Waals surface area contributed by atoms with Crippen LogP contribution in [0, 0.1) is 5.92 Å². The van der Waals surface area contributed by atoms with Gasteiger partial charge in [0.2, 0.25) is 0 Å². The van der Waals surface area contributed by atoms with Gasteiger partial charge in [-0.3, -0.25) is 4.79 Å². The van der Waals surface area contributed by atoms with Crippen LogP contribution < -0.4 is 10.1 Å². The van der Waals surface area contributed by atoms with Crippen LogP contribution in [0.3, 0.4) is 0 Å². The highest BCUT2D eigenvalue weighted by Gasteiger charge is 2.07. The molecular formula is C18H20BrNO2. The molecule has 22 heavy (non-hydrogen) atoms. The van der Waals surface area contributed by atoms with Crippen LogP contribution >= 0.6 is 15.9 Å². The molecule has 0 radical (unpaired) electrons. The molecule has 0 saturated carbocycles. The van der Waals surface area contributed by atoms with Crippen molar-refractivity contribution in [3.8, 4) is 5.75 Å². The molecular weight excluding hydrogens is 342 g/mol. The first kappa shape index (κ1) is 16.6. The Bertz CT molecular complexity index is 640. The van der Waals surface area contributed by atoms with E-state index in [1.54, 1.807) is 12.1 Å². The second-order valence-electron chi connectivity index (χ2n) is 5.52. The van der Waals surface area contributed by atoms with Crippen molar-refractivity contribution in [2.45, 2.75) is 20.3 Å². The van der Waals surface area contributed by atoms with Crippen molar-refractivity contribution in [3.63, 3.8) is 0 Å². The number of benzene rings is 2. The summed E-state index contributed by atoms with van der Waals surface area (Å²) in [5.41, 5.74) is 1.34. The van der Waals surface area contributed by atoms with Gasteiger partial charge in [-0.1, -0.05) is 41.9 Å². The smallest absolute Gasteiger partial charge is 0.255 e. The van der Waals surface area contributed by atoms with Crippen molar-refractivity contribution in [1.82, 2.24) is 0 Å². The molecule has 3 nitrogen and oxygen atoms in total. The molecule has 0 aliphatic carbocycles. The van der Waals surface area contributed by atoms with Crippen LogP contribution in [0.1, 0.15) is 30.6 Å². The van der Waals surface area contributed by atoms with E-state index in [1.165, 1.54) is 0 Å². The van der Waals surface area contributed by atoms with Crippen LogP contribution in [-0.4, -0.2) is 12.5 Å². The van der Waals surface area contributed by atoms with E-state index in [0.717, 1.165) is 22.3 Å². The molecule has 0 saturated heterocycles. The Morgan fingerprint density at radius 2 is 1.95 bits per heavy atom. The Hall–Kier alpha value is -1.81. The molecule has 0 spiro atoms. The van der Waals surface area contributed by atoms with E-state index in [-0.39, 0.29) is 5.91 Å². The molecule has 4 heteroatoms. The predicted molar refractivity (Wildman–Crippen MR) is 93.5 cm³/mol. The van der Waals surface area contributed by atoms with Gasteiger partial charge in [0, 0.05) is 21.8 Å². The fourth-order valence-corrected chi connectivity index (χ4v) is 2.31. The van der Waals surface area contributed by atoms with Crippen molar-refractivity contribution in [2.24, 2.45) is 5.92 Å². The number of anilines is 1. The minimum Gasteiger partial charge on any atom is -0.494 e. The third-order valence-electron chi connectivity index (χ3n) is 3.14. The molecule has 0 heterocycles. The van der Waals surface area contributed by atoms with Crippen molar-refractivity contribution in [3.05, 3.63) is 58.6 Å². The number of amides is 1. The SMILES string of the molecule is CC(C)CCOc1cccc(NC(=O)c2cccc(Br)c2)c1. The first-order chi connectivity index (χ1) is 10.5. The summed E-state index contributed by atoms with van der Waals surface area (Å²) in [4.78, 5) is 12.2. The summed E-state index contributed by atoms with van der Waals surface area (Å²) in [6, 6.07) is 14.8. The molecule has 0 atom stereocenters. The van der Waals surface area contributed by atoms with E-state index in [0.29, 0.717) is 18.1 Å². The van der Waals surface area contributed by atoms with Gasteiger partial charge in [0.25, 0.3) is 5.91 Å². The third-order valence-corrected chi connectivity index (χ3v) is 3.64. The number of hydrogen-bond acceptors (Lipinski definition) is 2. The molecule has 0 aliphatic heterocycles. The van der Waals surface area contributed by atoms with Crippen molar-refractivity contribution in [1.29, 1.82) is 0 Å².